The van der Waals surface area contributed by atoms with Crippen LogP contribution in [-0.2, 0) is 20.1 Å². The fourth-order valence-electron chi connectivity index (χ4n) is 2.98. The number of carbonyl (C=O) groups excluding carboxylic acids is 1. The van der Waals surface area contributed by atoms with E-state index in [4.69, 9.17) is 4.74 Å². The third-order valence-corrected chi connectivity index (χ3v) is 4.09. The molecule has 7 heteroatoms. The van der Waals surface area contributed by atoms with Crippen molar-refractivity contribution in [2.75, 3.05) is 7.11 Å². The molecule has 7 nitrogen and oxygen atoms in total. The van der Waals surface area contributed by atoms with Gasteiger partial charge in [0.25, 0.3) is 5.91 Å². The van der Waals surface area contributed by atoms with Crippen molar-refractivity contribution in [3.63, 3.8) is 0 Å². The normalized spacial score (nSPS) is 13.4. The monoisotopic (exact) mass is 309 g/mol. The molecule has 0 atom stereocenters. The fraction of sp³-hybridized carbons (Fsp3) is 0.250. The first-order valence-electron chi connectivity index (χ1n) is 7.25. The first-order valence-corrected chi connectivity index (χ1v) is 7.25. The Hall–Kier alpha value is -2.96. The summed E-state index contributed by atoms with van der Waals surface area (Å²) in [4.78, 5) is 22.7. The largest absolute Gasteiger partial charge is 0.481 e. The molecule has 0 saturated heterocycles. The van der Waals surface area contributed by atoms with Crippen molar-refractivity contribution in [1.29, 1.82) is 0 Å². The van der Waals surface area contributed by atoms with Crippen molar-refractivity contribution in [3.8, 4) is 5.88 Å². The lowest BCUT2D eigenvalue weighted by Gasteiger charge is -2.14. The van der Waals surface area contributed by atoms with Crippen LogP contribution < -0.4 is 4.74 Å². The van der Waals surface area contributed by atoms with Crippen LogP contribution in [0.5, 0.6) is 5.88 Å². The van der Waals surface area contributed by atoms with Gasteiger partial charge in [0, 0.05) is 30.9 Å². The van der Waals surface area contributed by atoms with Crippen LogP contribution in [0.25, 0.3) is 10.9 Å². The Bertz CT molecular complexity index is 893. The molecule has 3 aromatic rings. The van der Waals surface area contributed by atoms with Crippen LogP contribution in [0.3, 0.4) is 0 Å². The summed E-state index contributed by atoms with van der Waals surface area (Å²) in [5, 5.41) is 5.28. The summed E-state index contributed by atoms with van der Waals surface area (Å²) in [7, 11) is 3.42. The van der Waals surface area contributed by atoms with Crippen LogP contribution in [-0.4, -0.2) is 37.7 Å². The molecule has 0 N–H and O–H groups in total. The zero-order valence-corrected chi connectivity index (χ0v) is 12.9. The van der Waals surface area contributed by atoms with Gasteiger partial charge in [-0.2, -0.15) is 5.10 Å². The van der Waals surface area contributed by atoms with Gasteiger partial charge < -0.3 is 9.64 Å². The van der Waals surface area contributed by atoms with Crippen molar-refractivity contribution >= 4 is 16.8 Å². The van der Waals surface area contributed by atoms with Gasteiger partial charge >= 0.3 is 0 Å². The molecular weight excluding hydrogens is 294 g/mol. The van der Waals surface area contributed by atoms with E-state index in [0.717, 1.165) is 22.2 Å². The second-order valence-electron chi connectivity index (χ2n) is 5.52. The molecule has 0 saturated carbocycles. The molecule has 1 aromatic carbocycles. The number of hydrogen-bond donors (Lipinski definition) is 0. The maximum absolute atomic E-state index is 12.7. The van der Waals surface area contributed by atoms with E-state index in [2.05, 4.69) is 15.1 Å². The van der Waals surface area contributed by atoms with E-state index in [1.807, 2.05) is 19.2 Å². The molecule has 4 rings (SSSR count). The average molecular weight is 309 g/mol. The number of rotatable bonds is 2. The number of amides is 1. The predicted molar refractivity (Wildman–Crippen MR) is 82.9 cm³/mol. The smallest absolute Gasteiger partial charge is 0.254 e. The lowest BCUT2D eigenvalue weighted by atomic mass is 10.1. The SMILES string of the molecule is COc1c2ccc(C(=O)N3Cc4cncnc4C3)cc2nn1C. The van der Waals surface area contributed by atoms with E-state index in [1.54, 1.807) is 29.0 Å². The first kappa shape index (κ1) is 13.7. The summed E-state index contributed by atoms with van der Waals surface area (Å²) in [6.45, 7) is 1.05. The highest BCUT2D eigenvalue weighted by molar-refractivity contribution is 5.98. The van der Waals surface area contributed by atoms with Gasteiger partial charge in [0.1, 0.15) is 6.33 Å². The number of aromatic nitrogens is 4. The average Bonchev–Trinajstić information content (AvgIpc) is 3.13. The maximum atomic E-state index is 12.7. The molecular formula is C16H15N5O2. The summed E-state index contributed by atoms with van der Waals surface area (Å²) in [5.41, 5.74) is 3.26. The van der Waals surface area contributed by atoms with Gasteiger partial charge in [0.15, 0.2) is 0 Å². The third-order valence-electron chi connectivity index (χ3n) is 4.09. The van der Waals surface area contributed by atoms with Crippen molar-refractivity contribution in [1.82, 2.24) is 24.6 Å². The Morgan fingerprint density at radius 1 is 1.30 bits per heavy atom. The van der Waals surface area contributed by atoms with E-state index >= 15 is 0 Å². The summed E-state index contributed by atoms with van der Waals surface area (Å²) in [5.74, 6) is 0.650. The number of hydrogen-bond acceptors (Lipinski definition) is 5. The molecule has 0 spiro atoms. The Labute approximate surface area is 132 Å². The van der Waals surface area contributed by atoms with Gasteiger partial charge in [0.2, 0.25) is 5.88 Å². The molecule has 3 heterocycles. The minimum Gasteiger partial charge on any atom is -0.481 e. The minimum absolute atomic E-state index is 0.0329. The number of fused-ring (bicyclic) bond motifs is 2. The molecule has 23 heavy (non-hydrogen) atoms. The Morgan fingerprint density at radius 3 is 2.96 bits per heavy atom. The number of benzene rings is 1. The molecule has 1 amide bonds. The van der Waals surface area contributed by atoms with Crippen molar-refractivity contribution in [3.05, 3.63) is 47.5 Å². The minimum atomic E-state index is -0.0329. The molecule has 2 aromatic heterocycles. The van der Waals surface area contributed by atoms with Gasteiger partial charge in [-0.05, 0) is 18.2 Å². The second kappa shape index (κ2) is 5.05. The number of methoxy groups -OCH3 is 1. The van der Waals surface area contributed by atoms with Gasteiger partial charge in [-0.25, -0.2) is 14.6 Å². The highest BCUT2D eigenvalue weighted by Crippen LogP contribution is 2.27. The van der Waals surface area contributed by atoms with E-state index in [1.165, 1.54) is 6.33 Å². The van der Waals surface area contributed by atoms with Crippen molar-refractivity contribution < 1.29 is 9.53 Å². The number of carbonyl (C=O) groups is 1. The van der Waals surface area contributed by atoms with Gasteiger partial charge in [-0.15, -0.1) is 0 Å². The topological polar surface area (TPSA) is 73.1 Å². The Kier molecular flexibility index (Phi) is 3.00. The molecule has 1 aliphatic heterocycles. The maximum Gasteiger partial charge on any atom is 0.254 e. The van der Waals surface area contributed by atoms with Crippen LogP contribution in [0.15, 0.2) is 30.7 Å². The Morgan fingerprint density at radius 2 is 2.17 bits per heavy atom. The van der Waals surface area contributed by atoms with Crippen LogP contribution in [0.2, 0.25) is 0 Å². The first-order chi connectivity index (χ1) is 11.2. The zero-order chi connectivity index (χ0) is 16.0. The predicted octanol–water partition coefficient (Wildman–Crippen LogP) is 1.53. The summed E-state index contributed by atoms with van der Waals surface area (Å²) >= 11 is 0. The summed E-state index contributed by atoms with van der Waals surface area (Å²) in [6, 6.07) is 5.48. The lowest BCUT2D eigenvalue weighted by molar-refractivity contribution is 0.0750. The standard InChI is InChI=1S/C16H15N5O2/c1-20-16(23-2)12-4-3-10(5-13(12)19-20)15(22)21-7-11-6-17-9-18-14(11)8-21/h3-6,9H,7-8H2,1-2H3. The van der Waals surface area contributed by atoms with Crippen LogP contribution in [0, 0.1) is 0 Å². The van der Waals surface area contributed by atoms with Gasteiger partial charge in [-0.3, -0.25) is 4.79 Å². The summed E-state index contributed by atoms with van der Waals surface area (Å²) < 4.78 is 7.00. The van der Waals surface area contributed by atoms with E-state index in [-0.39, 0.29) is 5.91 Å². The van der Waals surface area contributed by atoms with Gasteiger partial charge in [0.05, 0.1) is 30.3 Å². The molecule has 0 aliphatic carbocycles. The fourth-order valence-corrected chi connectivity index (χ4v) is 2.98. The van der Waals surface area contributed by atoms with Crippen LogP contribution in [0.4, 0.5) is 0 Å². The van der Waals surface area contributed by atoms with Crippen LogP contribution >= 0.6 is 0 Å². The van der Waals surface area contributed by atoms with E-state index in [0.29, 0.717) is 24.5 Å². The molecule has 116 valence electrons. The van der Waals surface area contributed by atoms with Crippen molar-refractivity contribution in [2.24, 2.45) is 7.05 Å². The zero-order valence-electron chi connectivity index (χ0n) is 12.9. The number of nitrogens with zero attached hydrogens (tertiary/aromatic N) is 5. The van der Waals surface area contributed by atoms with Gasteiger partial charge in [-0.1, -0.05) is 0 Å². The highest BCUT2D eigenvalue weighted by Gasteiger charge is 2.25. The summed E-state index contributed by atoms with van der Waals surface area (Å²) in [6.07, 6.45) is 3.28. The van der Waals surface area contributed by atoms with E-state index in [9.17, 15) is 4.79 Å². The quantitative estimate of drug-likeness (QED) is 0.718. The molecule has 0 radical (unpaired) electrons. The lowest BCUT2D eigenvalue weighted by Crippen LogP contribution is -2.25. The molecule has 0 unspecified atom stereocenters. The number of aryl methyl sites for hydroxylation is 1. The van der Waals surface area contributed by atoms with E-state index < -0.39 is 0 Å². The Balaban J connectivity index is 1.66. The molecule has 1 aliphatic rings. The highest BCUT2D eigenvalue weighted by atomic mass is 16.5. The number of ether oxygens (including phenoxy) is 1. The second-order valence-corrected chi connectivity index (χ2v) is 5.52. The molecule has 0 bridgehead atoms. The third kappa shape index (κ3) is 2.12. The van der Waals surface area contributed by atoms with Crippen molar-refractivity contribution in [2.45, 2.75) is 13.1 Å². The van der Waals surface area contributed by atoms with Crippen LogP contribution in [0.1, 0.15) is 21.6 Å². The molecule has 0 fully saturated rings.